The van der Waals surface area contributed by atoms with Crippen LogP contribution in [0.15, 0.2) is 24.3 Å². The van der Waals surface area contributed by atoms with Crippen molar-refractivity contribution in [3.8, 4) is 0 Å². The molecule has 2 N–H and O–H groups in total. The lowest BCUT2D eigenvalue weighted by Gasteiger charge is -2.36. The molecule has 9 heteroatoms. The zero-order valence-electron chi connectivity index (χ0n) is 17.1. The van der Waals surface area contributed by atoms with Crippen molar-refractivity contribution in [2.45, 2.75) is 44.3 Å². The number of rotatable bonds is 3. The Labute approximate surface area is 174 Å². The van der Waals surface area contributed by atoms with E-state index in [1.807, 2.05) is 4.90 Å². The van der Waals surface area contributed by atoms with E-state index >= 15 is 0 Å². The van der Waals surface area contributed by atoms with Gasteiger partial charge in [0.05, 0.1) is 31.7 Å². The van der Waals surface area contributed by atoms with E-state index in [0.717, 1.165) is 23.8 Å². The second kappa shape index (κ2) is 7.76. The summed E-state index contributed by atoms with van der Waals surface area (Å²) in [5.41, 5.74) is -0.835. The molecule has 2 heterocycles. The molecule has 2 aliphatic heterocycles. The number of piperazine rings is 1. The first-order valence-electron chi connectivity index (χ1n) is 10.6. The molecule has 1 aromatic rings. The largest absolute Gasteiger partial charge is 0.416 e. The molecule has 1 aromatic carbocycles. The molecule has 6 nitrogen and oxygen atoms in total. The predicted octanol–water partition coefficient (Wildman–Crippen LogP) is 1.87. The average Bonchev–Trinajstić information content (AvgIpc) is 2.94. The van der Waals surface area contributed by atoms with Crippen LogP contribution in [0.2, 0.25) is 0 Å². The fraction of sp³-hybridized carbons (Fsp3) is 0.619. The van der Waals surface area contributed by atoms with E-state index in [1.165, 1.54) is 17.0 Å². The number of carbonyl (C=O) groups is 2. The number of quaternary nitrogens is 1. The number of nitrogens with one attached hydrogen (secondary N) is 2. The molecule has 0 aromatic heterocycles. The number of carbonyl (C=O) groups excluding carboxylic acids is 2. The zero-order valence-corrected chi connectivity index (χ0v) is 17.1. The summed E-state index contributed by atoms with van der Waals surface area (Å²) in [7, 11) is 0. The van der Waals surface area contributed by atoms with Gasteiger partial charge in [-0.15, -0.1) is 0 Å². The Hall–Kier alpha value is -2.29. The number of halogens is 3. The molecule has 2 saturated heterocycles. The van der Waals surface area contributed by atoms with Gasteiger partial charge in [-0.05, 0) is 49.8 Å². The average molecular weight is 425 g/mol. The number of nitrogens with zero attached hydrogens (tertiary/aromatic N) is 2. The highest BCUT2D eigenvalue weighted by Gasteiger charge is 2.53. The molecular formula is C21H28F3N4O2+. The Morgan fingerprint density at radius 1 is 1.17 bits per heavy atom. The van der Waals surface area contributed by atoms with E-state index in [0.29, 0.717) is 57.3 Å². The summed E-state index contributed by atoms with van der Waals surface area (Å²) in [6.07, 6.45) is -1.12. The van der Waals surface area contributed by atoms with Crippen molar-refractivity contribution in [3.63, 3.8) is 0 Å². The van der Waals surface area contributed by atoms with Crippen LogP contribution in [0, 0.1) is 5.92 Å². The van der Waals surface area contributed by atoms with Crippen LogP contribution in [0.4, 0.5) is 23.7 Å². The third-order valence-electron chi connectivity index (χ3n) is 6.76. The first kappa shape index (κ1) is 21.0. The number of amides is 3. The molecule has 164 valence electrons. The van der Waals surface area contributed by atoms with Gasteiger partial charge in [-0.2, -0.15) is 13.2 Å². The number of hydrogen-bond acceptors (Lipinski definition) is 3. The predicted molar refractivity (Wildman–Crippen MR) is 105 cm³/mol. The molecule has 3 fully saturated rings. The van der Waals surface area contributed by atoms with Crippen LogP contribution < -0.4 is 15.1 Å². The van der Waals surface area contributed by atoms with Crippen LogP contribution in [0.1, 0.15) is 38.2 Å². The smallest absolute Gasteiger partial charge is 0.360 e. The highest BCUT2D eigenvalue weighted by molar-refractivity contribution is 6.06. The zero-order chi connectivity index (χ0) is 21.5. The Morgan fingerprint density at radius 3 is 2.47 bits per heavy atom. The lowest BCUT2D eigenvalue weighted by Crippen LogP contribution is -3.16. The Kier molecular flexibility index (Phi) is 5.42. The van der Waals surface area contributed by atoms with Crippen molar-refractivity contribution in [2.24, 2.45) is 5.92 Å². The minimum absolute atomic E-state index is 0.118. The van der Waals surface area contributed by atoms with Crippen molar-refractivity contribution < 1.29 is 27.7 Å². The van der Waals surface area contributed by atoms with Gasteiger partial charge in [0.1, 0.15) is 5.54 Å². The molecule has 0 unspecified atom stereocenters. The maximum Gasteiger partial charge on any atom is 0.416 e. The maximum atomic E-state index is 13.0. The third kappa shape index (κ3) is 3.99. The fourth-order valence-corrected chi connectivity index (χ4v) is 4.76. The standard InChI is InChI=1S/C21H27F3N4O2/c1-15-5-7-20(8-6-15)18(29)28(19(30)25-20)14-26-9-11-27(12-10-26)17-4-2-3-16(13-17)21(22,23)24/h2-4,13,15H,5-12,14H2,1H3,(H,25,30)/p+1. The number of urea groups is 1. The van der Waals surface area contributed by atoms with Gasteiger partial charge in [0.25, 0.3) is 5.91 Å². The minimum atomic E-state index is -4.36. The van der Waals surface area contributed by atoms with Gasteiger partial charge in [0.2, 0.25) is 0 Å². The molecule has 0 bridgehead atoms. The van der Waals surface area contributed by atoms with E-state index in [1.54, 1.807) is 6.07 Å². The van der Waals surface area contributed by atoms with Gasteiger partial charge in [-0.1, -0.05) is 13.0 Å². The number of imide groups is 1. The topological polar surface area (TPSA) is 57.1 Å². The van der Waals surface area contributed by atoms with Crippen LogP contribution in [-0.4, -0.2) is 55.2 Å². The molecule has 1 aliphatic carbocycles. The molecule has 4 rings (SSSR count). The maximum absolute atomic E-state index is 13.0. The second-order valence-electron chi connectivity index (χ2n) is 8.87. The summed E-state index contributed by atoms with van der Waals surface area (Å²) < 4.78 is 38.9. The van der Waals surface area contributed by atoms with Crippen molar-refractivity contribution in [1.82, 2.24) is 10.2 Å². The van der Waals surface area contributed by atoms with Crippen LogP contribution in [0.5, 0.6) is 0 Å². The summed E-state index contributed by atoms with van der Waals surface area (Å²) in [5, 5.41) is 2.94. The second-order valence-corrected chi connectivity index (χ2v) is 8.87. The quantitative estimate of drug-likeness (QED) is 0.727. The van der Waals surface area contributed by atoms with Crippen molar-refractivity contribution in [2.75, 3.05) is 37.7 Å². The fourth-order valence-electron chi connectivity index (χ4n) is 4.76. The van der Waals surface area contributed by atoms with Gasteiger partial charge < -0.3 is 15.1 Å². The van der Waals surface area contributed by atoms with Crippen LogP contribution in [0.25, 0.3) is 0 Å². The van der Waals surface area contributed by atoms with E-state index in [4.69, 9.17) is 0 Å². The molecule has 1 spiro atoms. The first-order valence-corrected chi connectivity index (χ1v) is 10.6. The van der Waals surface area contributed by atoms with Crippen LogP contribution >= 0.6 is 0 Å². The van der Waals surface area contributed by atoms with E-state index in [9.17, 15) is 22.8 Å². The van der Waals surface area contributed by atoms with Gasteiger partial charge in [0.15, 0.2) is 6.67 Å². The summed E-state index contributed by atoms with van der Waals surface area (Å²) in [6, 6.07) is 5.05. The highest BCUT2D eigenvalue weighted by Crippen LogP contribution is 2.36. The highest BCUT2D eigenvalue weighted by atomic mass is 19.4. The monoisotopic (exact) mass is 425 g/mol. The Morgan fingerprint density at radius 2 is 1.83 bits per heavy atom. The van der Waals surface area contributed by atoms with Gasteiger partial charge in [-0.3, -0.25) is 4.79 Å². The number of hydrogen-bond donors (Lipinski definition) is 2. The number of benzene rings is 1. The van der Waals surface area contributed by atoms with Gasteiger partial charge in [0, 0.05) is 5.69 Å². The summed E-state index contributed by atoms with van der Waals surface area (Å²) in [5.74, 6) is 0.455. The summed E-state index contributed by atoms with van der Waals surface area (Å²) in [4.78, 5) is 29.8. The lowest BCUT2D eigenvalue weighted by atomic mass is 9.77. The van der Waals surface area contributed by atoms with E-state index in [2.05, 4.69) is 12.2 Å². The van der Waals surface area contributed by atoms with Gasteiger partial charge >= 0.3 is 12.2 Å². The SMILES string of the molecule is CC1CCC2(CC1)NC(=O)N(C[NH+]1CCN(c3cccc(C(F)(F)F)c3)CC1)C2=O. The third-order valence-corrected chi connectivity index (χ3v) is 6.76. The van der Waals surface area contributed by atoms with Crippen LogP contribution in [0.3, 0.4) is 0 Å². The van der Waals surface area contributed by atoms with E-state index in [-0.39, 0.29) is 11.9 Å². The van der Waals surface area contributed by atoms with Gasteiger partial charge in [-0.25, -0.2) is 9.69 Å². The number of anilines is 1. The Bertz CT molecular complexity index is 813. The molecular weight excluding hydrogens is 397 g/mol. The molecule has 3 aliphatic rings. The van der Waals surface area contributed by atoms with Crippen LogP contribution in [-0.2, 0) is 11.0 Å². The lowest BCUT2D eigenvalue weighted by molar-refractivity contribution is -0.907. The normalized spacial score (nSPS) is 28.3. The first-order chi connectivity index (χ1) is 14.2. The Balaban J connectivity index is 1.35. The van der Waals surface area contributed by atoms with Crippen molar-refractivity contribution in [1.29, 1.82) is 0 Å². The molecule has 0 atom stereocenters. The minimum Gasteiger partial charge on any atom is -0.360 e. The molecule has 3 amide bonds. The van der Waals surface area contributed by atoms with E-state index < -0.39 is 17.3 Å². The molecule has 30 heavy (non-hydrogen) atoms. The summed E-state index contributed by atoms with van der Waals surface area (Å²) >= 11 is 0. The molecule has 0 radical (unpaired) electrons. The molecule has 1 saturated carbocycles. The number of alkyl halides is 3. The summed E-state index contributed by atoms with van der Waals surface area (Å²) in [6.45, 7) is 4.92. The van der Waals surface area contributed by atoms with Crippen molar-refractivity contribution >= 4 is 17.6 Å². The van der Waals surface area contributed by atoms with Crippen molar-refractivity contribution in [3.05, 3.63) is 29.8 Å².